The van der Waals surface area contributed by atoms with E-state index in [1.165, 1.54) is 32.1 Å². The first-order valence-corrected chi connectivity index (χ1v) is 10.4. The standard InChI is InChI=1S/C21H28N4O3.2ClH/c1-2-28-21(27)17-12-16-15(23-17)8-9-18(24-16)25-20(26)19-14(10-11-22-19)13-6-4-3-5-7-13;;/h8-9,12-14,19,22-23H,2-7,10-11H2,1H3,(H,24,25,26);2*1H/t14-,19+;;/m0../s1. The number of hydrogen-bond donors (Lipinski definition) is 3. The lowest BCUT2D eigenvalue weighted by Gasteiger charge is -2.30. The van der Waals surface area contributed by atoms with Crippen LogP contribution in [0.1, 0.15) is 55.9 Å². The minimum absolute atomic E-state index is 0. The Balaban J connectivity index is 0.00000160. The molecule has 1 saturated carbocycles. The van der Waals surface area contributed by atoms with Crippen LogP contribution in [0.2, 0.25) is 0 Å². The normalized spacial score (nSPS) is 21.5. The summed E-state index contributed by atoms with van der Waals surface area (Å²) in [6.45, 7) is 2.98. The number of aromatic amines is 1. The van der Waals surface area contributed by atoms with Gasteiger partial charge in [-0.1, -0.05) is 32.1 Å². The topological polar surface area (TPSA) is 96.1 Å². The lowest BCUT2D eigenvalue weighted by Crippen LogP contribution is -2.42. The molecule has 0 aromatic carbocycles. The molecule has 3 heterocycles. The average Bonchev–Trinajstić information content (AvgIpc) is 3.36. The van der Waals surface area contributed by atoms with Crippen molar-refractivity contribution >= 4 is 53.5 Å². The van der Waals surface area contributed by atoms with E-state index >= 15 is 0 Å². The van der Waals surface area contributed by atoms with Gasteiger partial charge in [0.05, 0.1) is 23.7 Å². The molecule has 1 aliphatic heterocycles. The minimum Gasteiger partial charge on any atom is -0.461 e. The number of carbonyl (C=O) groups is 2. The number of H-pyrrole nitrogens is 1. The monoisotopic (exact) mass is 456 g/mol. The predicted molar refractivity (Wildman–Crippen MR) is 122 cm³/mol. The maximum absolute atomic E-state index is 12.9. The van der Waals surface area contributed by atoms with Crippen LogP contribution in [0.25, 0.3) is 11.0 Å². The Hall–Kier alpha value is -1.83. The zero-order valence-electron chi connectivity index (χ0n) is 17.1. The third kappa shape index (κ3) is 5.25. The van der Waals surface area contributed by atoms with Crippen molar-refractivity contribution in [1.82, 2.24) is 15.3 Å². The van der Waals surface area contributed by atoms with Gasteiger partial charge in [0.25, 0.3) is 0 Å². The van der Waals surface area contributed by atoms with Gasteiger partial charge in [-0.25, -0.2) is 9.78 Å². The van der Waals surface area contributed by atoms with Gasteiger partial charge in [0.2, 0.25) is 5.91 Å². The summed E-state index contributed by atoms with van der Waals surface area (Å²) in [6.07, 6.45) is 7.42. The molecule has 0 radical (unpaired) electrons. The molecule has 2 aromatic heterocycles. The molecule has 0 spiro atoms. The molecule has 166 valence electrons. The highest BCUT2D eigenvalue weighted by Crippen LogP contribution is 2.36. The maximum atomic E-state index is 12.9. The zero-order chi connectivity index (χ0) is 19.5. The van der Waals surface area contributed by atoms with Crippen molar-refractivity contribution in [3.63, 3.8) is 0 Å². The van der Waals surface area contributed by atoms with E-state index in [0.717, 1.165) is 18.5 Å². The number of carbonyl (C=O) groups excluding carboxylic acids is 2. The first kappa shape index (κ1) is 24.4. The van der Waals surface area contributed by atoms with Crippen molar-refractivity contribution in [1.29, 1.82) is 0 Å². The second-order valence-corrected chi connectivity index (χ2v) is 7.80. The van der Waals surface area contributed by atoms with Gasteiger partial charge in [0.1, 0.15) is 11.5 Å². The zero-order valence-corrected chi connectivity index (χ0v) is 18.7. The quantitative estimate of drug-likeness (QED) is 0.588. The predicted octanol–water partition coefficient (Wildman–Crippen LogP) is 4.08. The molecule has 1 saturated heterocycles. The summed E-state index contributed by atoms with van der Waals surface area (Å²) in [5.74, 6) is 1.14. The number of esters is 1. The number of ether oxygens (including phenoxy) is 1. The number of hydrogen-bond acceptors (Lipinski definition) is 5. The molecule has 4 rings (SSSR count). The Kier molecular flexibility index (Phi) is 8.94. The smallest absolute Gasteiger partial charge is 0.354 e. The average molecular weight is 457 g/mol. The van der Waals surface area contributed by atoms with E-state index in [9.17, 15) is 9.59 Å². The first-order valence-electron chi connectivity index (χ1n) is 10.4. The van der Waals surface area contributed by atoms with Gasteiger partial charge in [0, 0.05) is 0 Å². The summed E-state index contributed by atoms with van der Waals surface area (Å²) < 4.78 is 5.01. The van der Waals surface area contributed by atoms with Crippen LogP contribution in [0, 0.1) is 11.8 Å². The van der Waals surface area contributed by atoms with Crippen molar-refractivity contribution in [2.24, 2.45) is 11.8 Å². The van der Waals surface area contributed by atoms with Crippen molar-refractivity contribution < 1.29 is 14.3 Å². The molecule has 30 heavy (non-hydrogen) atoms. The first-order chi connectivity index (χ1) is 13.7. The summed E-state index contributed by atoms with van der Waals surface area (Å²) in [5.41, 5.74) is 1.73. The summed E-state index contributed by atoms with van der Waals surface area (Å²) >= 11 is 0. The van der Waals surface area contributed by atoms with E-state index in [-0.39, 0.29) is 36.8 Å². The number of anilines is 1. The fourth-order valence-corrected chi connectivity index (χ4v) is 4.68. The van der Waals surface area contributed by atoms with Crippen LogP contribution < -0.4 is 10.6 Å². The summed E-state index contributed by atoms with van der Waals surface area (Å²) in [4.78, 5) is 32.3. The van der Waals surface area contributed by atoms with Gasteiger partial charge < -0.3 is 20.4 Å². The lowest BCUT2D eigenvalue weighted by molar-refractivity contribution is -0.119. The van der Waals surface area contributed by atoms with Crippen molar-refractivity contribution in [2.75, 3.05) is 18.5 Å². The van der Waals surface area contributed by atoms with Crippen molar-refractivity contribution in [3.05, 3.63) is 23.9 Å². The van der Waals surface area contributed by atoms with E-state index in [1.54, 1.807) is 19.1 Å². The van der Waals surface area contributed by atoms with Gasteiger partial charge in [0.15, 0.2) is 0 Å². The molecule has 2 fully saturated rings. The molecule has 2 aliphatic rings. The molecular weight excluding hydrogens is 427 g/mol. The van der Waals surface area contributed by atoms with Crippen LogP contribution in [0.5, 0.6) is 0 Å². The Morgan fingerprint density at radius 3 is 2.67 bits per heavy atom. The number of rotatable bonds is 5. The lowest BCUT2D eigenvalue weighted by atomic mass is 9.76. The fourth-order valence-electron chi connectivity index (χ4n) is 4.68. The molecule has 0 unspecified atom stereocenters. The van der Waals surface area contributed by atoms with E-state index in [1.807, 2.05) is 6.07 Å². The highest BCUT2D eigenvalue weighted by molar-refractivity contribution is 5.97. The van der Waals surface area contributed by atoms with Crippen LogP contribution in [0.4, 0.5) is 5.82 Å². The highest BCUT2D eigenvalue weighted by Gasteiger charge is 2.38. The van der Waals surface area contributed by atoms with Crippen LogP contribution in [0.15, 0.2) is 18.2 Å². The number of pyridine rings is 1. The fraction of sp³-hybridized carbons (Fsp3) is 0.571. The second kappa shape index (κ2) is 11.0. The van der Waals surface area contributed by atoms with Crippen LogP contribution in [-0.4, -0.2) is 41.0 Å². The maximum Gasteiger partial charge on any atom is 0.354 e. The third-order valence-corrected chi connectivity index (χ3v) is 6.03. The van der Waals surface area contributed by atoms with Gasteiger partial charge in [-0.15, -0.1) is 24.8 Å². The SMILES string of the molecule is CCOC(=O)c1cc2nc(NC(=O)[C@@H]3NCC[C@H]3C3CCCCC3)ccc2[nH]1.Cl.Cl. The van der Waals surface area contributed by atoms with Gasteiger partial charge >= 0.3 is 5.97 Å². The number of nitrogens with zero attached hydrogens (tertiary/aromatic N) is 1. The molecule has 1 aliphatic carbocycles. The number of nitrogens with one attached hydrogen (secondary N) is 3. The molecule has 1 amide bonds. The van der Waals surface area contributed by atoms with E-state index in [2.05, 4.69) is 20.6 Å². The Morgan fingerprint density at radius 2 is 1.93 bits per heavy atom. The molecule has 9 heteroatoms. The summed E-state index contributed by atoms with van der Waals surface area (Å²) in [6, 6.07) is 5.08. The van der Waals surface area contributed by atoms with E-state index in [0.29, 0.717) is 35.5 Å². The molecule has 2 atom stereocenters. The van der Waals surface area contributed by atoms with Crippen LogP contribution in [-0.2, 0) is 9.53 Å². The number of aromatic nitrogens is 2. The van der Waals surface area contributed by atoms with Gasteiger partial charge in [-0.05, 0) is 49.9 Å². The Labute approximate surface area is 188 Å². The van der Waals surface area contributed by atoms with Crippen molar-refractivity contribution in [2.45, 2.75) is 51.5 Å². The van der Waals surface area contributed by atoms with Gasteiger partial charge in [-0.2, -0.15) is 0 Å². The second-order valence-electron chi connectivity index (χ2n) is 7.80. The molecule has 0 bridgehead atoms. The van der Waals surface area contributed by atoms with Crippen molar-refractivity contribution in [3.8, 4) is 0 Å². The van der Waals surface area contributed by atoms with Crippen LogP contribution in [0.3, 0.4) is 0 Å². The number of fused-ring (bicyclic) bond motifs is 1. The largest absolute Gasteiger partial charge is 0.461 e. The number of amides is 1. The highest BCUT2D eigenvalue weighted by atomic mass is 35.5. The summed E-state index contributed by atoms with van der Waals surface area (Å²) in [7, 11) is 0. The molecule has 3 N–H and O–H groups in total. The number of halogens is 2. The minimum atomic E-state index is -0.406. The molecule has 2 aromatic rings. The Bertz CT molecular complexity index is 867. The molecular formula is C21H30Cl2N4O3. The van der Waals surface area contributed by atoms with Crippen LogP contribution >= 0.6 is 24.8 Å². The van der Waals surface area contributed by atoms with E-state index < -0.39 is 5.97 Å². The van der Waals surface area contributed by atoms with Gasteiger partial charge in [-0.3, -0.25) is 4.79 Å². The molecule has 7 nitrogen and oxygen atoms in total. The summed E-state index contributed by atoms with van der Waals surface area (Å²) in [5, 5.41) is 6.35. The van der Waals surface area contributed by atoms with E-state index in [4.69, 9.17) is 4.74 Å². The third-order valence-electron chi connectivity index (χ3n) is 6.03. The Morgan fingerprint density at radius 1 is 1.17 bits per heavy atom.